The third kappa shape index (κ3) is 3.94. The van der Waals surface area contributed by atoms with Crippen LogP contribution >= 0.6 is 0 Å². The van der Waals surface area contributed by atoms with Gasteiger partial charge in [0.25, 0.3) is 5.91 Å². The molecule has 2 aromatic rings. The lowest BCUT2D eigenvalue weighted by Gasteiger charge is -2.28. The second-order valence-corrected chi connectivity index (χ2v) is 7.94. The van der Waals surface area contributed by atoms with Gasteiger partial charge in [-0.25, -0.2) is 0 Å². The molecule has 2 aliphatic rings. The normalized spacial score (nSPS) is 24.4. The molecule has 5 nitrogen and oxygen atoms in total. The van der Waals surface area contributed by atoms with Gasteiger partial charge in [0.2, 0.25) is 0 Å². The number of furan rings is 1. The van der Waals surface area contributed by atoms with Crippen LogP contribution in [0.5, 0.6) is 0 Å². The molecule has 4 rings (SSSR count). The molecule has 0 spiro atoms. The molecule has 0 aliphatic carbocycles. The maximum absolute atomic E-state index is 12.9. The maximum atomic E-state index is 12.9. The molecule has 144 valence electrons. The standard InChI is InChI=1S/C22H29N3O2/c1-16(23)20-9-10-21(27-20)22(26)25-12-5-8-19(25)15-24-13-11-18(14-24)17-6-3-2-4-7-17/h2-4,6-7,9-10,16,18-19H,5,8,11-15,23H2,1H3. The Morgan fingerprint density at radius 2 is 2.00 bits per heavy atom. The second kappa shape index (κ2) is 7.87. The Bertz CT molecular complexity index is 771. The van der Waals surface area contributed by atoms with Crippen molar-refractivity contribution >= 4 is 5.91 Å². The number of carbonyl (C=O) groups excluding carboxylic acids is 1. The summed E-state index contributed by atoms with van der Waals surface area (Å²) in [6.45, 7) is 5.82. The van der Waals surface area contributed by atoms with Crippen LogP contribution in [0.25, 0.3) is 0 Å². The van der Waals surface area contributed by atoms with E-state index in [2.05, 4.69) is 35.2 Å². The van der Waals surface area contributed by atoms with Crippen LogP contribution in [-0.2, 0) is 0 Å². The number of hydrogen-bond donors (Lipinski definition) is 1. The topological polar surface area (TPSA) is 62.7 Å². The lowest BCUT2D eigenvalue weighted by atomic mass is 9.99. The van der Waals surface area contributed by atoms with E-state index in [-0.39, 0.29) is 18.0 Å². The molecular formula is C22H29N3O2. The zero-order valence-electron chi connectivity index (χ0n) is 16.0. The van der Waals surface area contributed by atoms with Gasteiger partial charge < -0.3 is 20.0 Å². The highest BCUT2D eigenvalue weighted by atomic mass is 16.4. The van der Waals surface area contributed by atoms with Crippen molar-refractivity contribution in [1.29, 1.82) is 0 Å². The van der Waals surface area contributed by atoms with Crippen molar-refractivity contribution in [2.45, 2.75) is 44.2 Å². The van der Waals surface area contributed by atoms with Crippen molar-refractivity contribution in [3.63, 3.8) is 0 Å². The van der Waals surface area contributed by atoms with Gasteiger partial charge in [-0.05, 0) is 56.3 Å². The minimum atomic E-state index is -0.194. The lowest BCUT2D eigenvalue weighted by molar-refractivity contribution is 0.0674. The third-order valence-corrected chi connectivity index (χ3v) is 5.94. The molecule has 2 aliphatic heterocycles. The van der Waals surface area contributed by atoms with E-state index in [4.69, 9.17) is 10.2 Å². The highest BCUT2D eigenvalue weighted by Gasteiger charge is 2.34. The van der Waals surface area contributed by atoms with Gasteiger partial charge in [-0.15, -0.1) is 0 Å². The van der Waals surface area contributed by atoms with E-state index in [9.17, 15) is 4.79 Å². The van der Waals surface area contributed by atoms with Crippen molar-refractivity contribution < 1.29 is 9.21 Å². The van der Waals surface area contributed by atoms with Crippen LogP contribution in [0.2, 0.25) is 0 Å². The Morgan fingerprint density at radius 3 is 2.74 bits per heavy atom. The summed E-state index contributed by atoms with van der Waals surface area (Å²) in [7, 11) is 0. The number of nitrogens with two attached hydrogens (primary N) is 1. The number of benzene rings is 1. The molecule has 0 bridgehead atoms. The largest absolute Gasteiger partial charge is 0.454 e. The van der Waals surface area contributed by atoms with Crippen LogP contribution in [0.4, 0.5) is 0 Å². The van der Waals surface area contributed by atoms with Crippen LogP contribution in [-0.4, -0.2) is 47.9 Å². The Labute approximate surface area is 161 Å². The first-order valence-corrected chi connectivity index (χ1v) is 10.1. The SMILES string of the molecule is CC(N)c1ccc(C(=O)N2CCCC2CN2CCC(c3ccccc3)C2)o1. The predicted molar refractivity (Wildman–Crippen MR) is 106 cm³/mol. The summed E-state index contributed by atoms with van der Waals surface area (Å²) in [5, 5.41) is 0. The van der Waals surface area contributed by atoms with Gasteiger partial charge in [0, 0.05) is 25.7 Å². The molecule has 3 atom stereocenters. The summed E-state index contributed by atoms with van der Waals surface area (Å²) in [6, 6.07) is 14.4. The molecule has 5 heteroatoms. The quantitative estimate of drug-likeness (QED) is 0.880. The van der Waals surface area contributed by atoms with E-state index in [1.807, 2.05) is 17.9 Å². The van der Waals surface area contributed by atoms with E-state index in [1.54, 1.807) is 6.07 Å². The van der Waals surface area contributed by atoms with E-state index in [1.165, 1.54) is 12.0 Å². The first-order chi connectivity index (χ1) is 13.1. The highest BCUT2D eigenvalue weighted by Crippen LogP contribution is 2.29. The van der Waals surface area contributed by atoms with Gasteiger partial charge >= 0.3 is 0 Å². The average molecular weight is 367 g/mol. The Balaban J connectivity index is 1.38. The van der Waals surface area contributed by atoms with Crippen molar-refractivity contribution in [2.24, 2.45) is 5.73 Å². The van der Waals surface area contributed by atoms with Crippen molar-refractivity contribution in [1.82, 2.24) is 9.80 Å². The van der Waals surface area contributed by atoms with Crippen molar-refractivity contribution in [2.75, 3.05) is 26.2 Å². The smallest absolute Gasteiger partial charge is 0.289 e. The van der Waals surface area contributed by atoms with Crippen LogP contribution in [0.15, 0.2) is 46.9 Å². The fraction of sp³-hybridized carbons (Fsp3) is 0.500. The molecule has 1 aromatic heterocycles. The highest BCUT2D eigenvalue weighted by molar-refractivity contribution is 5.92. The number of nitrogens with zero attached hydrogens (tertiary/aromatic N) is 2. The molecular weight excluding hydrogens is 338 g/mol. The summed E-state index contributed by atoms with van der Waals surface area (Å²) in [6.07, 6.45) is 3.33. The van der Waals surface area contributed by atoms with E-state index in [0.717, 1.165) is 39.0 Å². The second-order valence-electron chi connectivity index (χ2n) is 7.94. The molecule has 0 saturated carbocycles. The summed E-state index contributed by atoms with van der Waals surface area (Å²) < 4.78 is 5.68. The van der Waals surface area contributed by atoms with E-state index in [0.29, 0.717) is 17.4 Å². The summed E-state index contributed by atoms with van der Waals surface area (Å²) >= 11 is 0. The lowest BCUT2D eigenvalue weighted by Crippen LogP contribution is -2.42. The monoisotopic (exact) mass is 367 g/mol. The number of carbonyl (C=O) groups is 1. The first kappa shape index (κ1) is 18.3. The predicted octanol–water partition coefficient (Wildman–Crippen LogP) is 3.39. The molecule has 2 saturated heterocycles. The van der Waals surface area contributed by atoms with Gasteiger partial charge in [-0.3, -0.25) is 4.79 Å². The average Bonchev–Trinajstić information content (AvgIpc) is 3.43. The van der Waals surface area contributed by atoms with Crippen LogP contribution in [0.1, 0.15) is 60.0 Å². The summed E-state index contributed by atoms with van der Waals surface area (Å²) in [5.41, 5.74) is 7.28. The van der Waals surface area contributed by atoms with Gasteiger partial charge in [0.05, 0.1) is 6.04 Å². The number of amides is 1. The minimum absolute atomic E-state index is 0.00297. The Hall–Kier alpha value is -2.11. The van der Waals surface area contributed by atoms with E-state index >= 15 is 0 Å². The van der Waals surface area contributed by atoms with Gasteiger partial charge in [0.1, 0.15) is 5.76 Å². The van der Waals surface area contributed by atoms with E-state index < -0.39 is 0 Å². The maximum Gasteiger partial charge on any atom is 0.289 e. The first-order valence-electron chi connectivity index (χ1n) is 10.1. The van der Waals surface area contributed by atoms with Crippen molar-refractivity contribution in [3.8, 4) is 0 Å². The molecule has 0 radical (unpaired) electrons. The van der Waals surface area contributed by atoms with Crippen LogP contribution in [0, 0.1) is 0 Å². The zero-order chi connectivity index (χ0) is 18.8. The Morgan fingerprint density at radius 1 is 1.19 bits per heavy atom. The Kier molecular flexibility index (Phi) is 5.32. The summed E-state index contributed by atoms with van der Waals surface area (Å²) in [4.78, 5) is 17.4. The number of hydrogen-bond acceptors (Lipinski definition) is 4. The molecule has 27 heavy (non-hydrogen) atoms. The van der Waals surface area contributed by atoms with Gasteiger partial charge in [0.15, 0.2) is 5.76 Å². The molecule has 1 amide bonds. The van der Waals surface area contributed by atoms with Gasteiger partial charge in [-0.1, -0.05) is 30.3 Å². The van der Waals surface area contributed by atoms with Crippen LogP contribution in [0.3, 0.4) is 0 Å². The zero-order valence-corrected chi connectivity index (χ0v) is 16.0. The fourth-order valence-corrected chi connectivity index (χ4v) is 4.44. The van der Waals surface area contributed by atoms with Gasteiger partial charge in [-0.2, -0.15) is 0 Å². The van der Waals surface area contributed by atoms with Crippen molar-refractivity contribution in [3.05, 3.63) is 59.5 Å². The molecule has 3 unspecified atom stereocenters. The minimum Gasteiger partial charge on any atom is -0.454 e. The summed E-state index contributed by atoms with van der Waals surface area (Å²) in [5.74, 6) is 1.69. The molecule has 3 heterocycles. The molecule has 2 N–H and O–H groups in total. The number of likely N-dealkylation sites (tertiary alicyclic amines) is 2. The number of rotatable bonds is 5. The fourth-order valence-electron chi connectivity index (χ4n) is 4.44. The van der Waals surface area contributed by atoms with Crippen LogP contribution < -0.4 is 5.73 Å². The third-order valence-electron chi connectivity index (χ3n) is 5.94. The molecule has 2 fully saturated rings. The molecule has 1 aromatic carbocycles.